The summed E-state index contributed by atoms with van der Waals surface area (Å²) in [6.07, 6.45) is 1.87. The second-order valence-electron chi connectivity index (χ2n) is 12.7. The number of H-pyrrole nitrogens is 1. The van der Waals surface area contributed by atoms with E-state index in [2.05, 4.69) is 69.4 Å². The lowest BCUT2D eigenvalue weighted by molar-refractivity contribution is -0.118. The summed E-state index contributed by atoms with van der Waals surface area (Å²) in [5, 5.41) is 16.0. The number of anilines is 2. The van der Waals surface area contributed by atoms with Gasteiger partial charge in [0.1, 0.15) is 22.2 Å². The van der Waals surface area contributed by atoms with Crippen molar-refractivity contribution in [2.45, 2.75) is 70.1 Å². The number of aromatic amines is 1. The van der Waals surface area contributed by atoms with Gasteiger partial charge in [0.05, 0.1) is 10.0 Å². The first-order valence-electron chi connectivity index (χ1n) is 15.5. The monoisotopic (exact) mass is 744 g/mol. The van der Waals surface area contributed by atoms with Crippen molar-refractivity contribution in [1.29, 1.82) is 5.41 Å². The molecular formula is C35H39Cl3N6O4S. The van der Waals surface area contributed by atoms with E-state index in [1.54, 1.807) is 18.2 Å². The molecule has 0 unspecified atom stereocenters. The van der Waals surface area contributed by atoms with E-state index in [0.29, 0.717) is 23.2 Å². The molecule has 10 nitrogen and oxygen atoms in total. The maximum absolute atomic E-state index is 13.4. The highest BCUT2D eigenvalue weighted by Gasteiger charge is 2.27. The zero-order valence-electron chi connectivity index (χ0n) is 28.0. The van der Waals surface area contributed by atoms with E-state index in [-0.39, 0.29) is 59.6 Å². The predicted octanol–water partition coefficient (Wildman–Crippen LogP) is 8.76. The van der Waals surface area contributed by atoms with Crippen LogP contribution in [0, 0.1) is 5.41 Å². The van der Waals surface area contributed by atoms with Gasteiger partial charge >= 0.3 is 0 Å². The molecular weight excluding hydrogens is 707 g/mol. The van der Waals surface area contributed by atoms with Gasteiger partial charge in [0.2, 0.25) is 0 Å². The molecule has 14 heteroatoms. The van der Waals surface area contributed by atoms with E-state index in [4.69, 9.17) is 50.7 Å². The number of nitrogens with one attached hydrogen (secondary N) is 4. The van der Waals surface area contributed by atoms with Crippen molar-refractivity contribution in [2.24, 2.45) is 5.73 Å². The molecule has 1 heterocycles. The molecule has 0 aliphatic rings. The number of thioether (sulfide) groups is 1. The summed E-state index contributed by atoms with van der Waals surface area (Å²) in [5.41, 5.74) is 7.63. The quantitative estimate of drug-likeness (QED) is 0.0555. The van der Waals surface area contributed by atoms with E-state index in [9.17, 15) is 14.4 Å². The molecule has 0 spiro atoms. The topological polar surface area (TPSA) is 155 Å². The Balaban J connectivity index is 1.53. The number of carbonyl (C=O) groups excluding carboxylic acids is 2. The van der Waals surface area contributed by atoms with E-state index >= 15 is 0 Å². The van der Waals surface area contributed by atoms with Crippen molar-refractivity contribution >= 4 is 75.1 Å². The van der Waals surface area contributed by atoms with Crippen molar-refractivity contribution in [3.8, 4) is 11.4 Å². The van der Waals surface area contributed by atoms with Gasteiger partial charge in [0.15, 0.2) is 11.8 Å². The molecule has 1 aromatic heterocycles. The van der Waals surface area contributed by atoms with Crippen LogP contribution in [-0.4, -0.2) is 33.4 Å². The minimum atomic E-state index is -0.656. The Hall–Kier alpha value is -3.90. The highest BCUT2D eigenvalue weighted by atomic mass is 35.5. The minimum Gasteiger partial charge on any atom is -0.483 e. The first kappa shape index (κ1) is 37.9. The second kappa shape index (κ2) is 15.3. The Labute approximate surface area is 304 Å². The molecule has 0 radical (unpaired) electrons. The predicted molar refractivity (Wildman–Crippen MR) is 201 cm³/mol. The highest BCUT2D eigenvalue weighted by Crippen LogP contribution is 2.39. The summed E-state index contributed by atoms with van der Waals surface area (Å²) in [4.78, 5) is 39.7. The number of amides is 2. The van der Waals surface area contributed by atoms with Crippen molar-refractivity contribution in [3.63, 3.8) is 0 Å². The SMILES string of the molecule is CCC(C)(C)c1ccc(OCC(=O)Nc2cccc(C(=O)Nc3[nH]n(-c4c(Cl)cc(Cl)cc4Cl)c(=O)c3SC(=N)N)c2)c(C(C)(C)CC)c1. The Morgan fingerprint density at radius 3 is 2.22 bits per heavy atom. The lowest BCUT2D eigenvalue weighted by Crippen LogP contribution is -2.24. The first-order valence-corrected chi connectivity index (χ1v) is 17.4. The number of benzene rings is 3. The van der Waals surface area contributed by atoms with Crippen LogP contribution < -0.4 is 26.7 Å². The van der Waals surface area contributed by atoms with Gasteiger partial charge in [-0.25, -0.2) is 4.68 Å². The van der Waals surface area contributed by atoms with Crippen LogP contribution in [0.5, 0.6) is 5.75 Å². The summed E-state index contributed by atoms with van der Waals surface area (Å²) >= 11 is 19.3. The van der Waals surface area contributed by atoms with Crippen LogP contribution in [0.25, 0.3) is 5.69 Å². The molecule has 49 heavy (non-hydrogen) atoms. The van der Waals surface area contributed by atoms with E-state index in [0.717, 1.165) is 23.1 Å². The summed E-state index contributed by atoms with van der Waals surface area (Å²) in [6.45, 7) is 12.8. The van der Waals surface area contributed by atoms with E-state index in [1.807, 2.05) is 6.07 Å². The molecule has 0 atom stereocenters. The van der Waals surface area contributed by atoms with Crippen molar-refractivity contribution in [2.75, 3.05) is 17.2 Å². The third-order valence-electron chi connectivity index (χ3n) is 8.53. The molecule has 4 aromatic rings. The zero-order valence-corrected chi connectivity index (χ0v) is 31.1. The lowest BCUT2D eigenvalue weighted by atomic mass is 9.76. The van der Waals surface area contributed by atoms with E-state index < -0.39 is 17.4 Å². The Morgan fingerprint density at radius 2 is 1.61 bits per heavy atom. The number of amidine groups is 1. The molecule has 2 amide bonds. The number of hydrogen-bond acceptors (Lipinski definition) is 6. The van der Waals surface area contributed by atoms with Gasteiger partial charge in [0, 0.05) is 21.8 Å². The molecule has 6 N–H and O–H groups in total. The van der Waals surface area contributed by atoms with Gasteiger partial charge in [-0.1, -0.05) is 94.5 Å². The molecule has 0 saturated carbocycles. The van der Waals surface area contributed by atoms with Crippen LogP contribution in [0.15, 0.2) is 64.3 Å². The van der Waals surface area contributed by atoms with Crippen molar-refractivity contribution < 1.29 is 14.3 Å². The van der Waals surface area contributed by atoms with Gasteiger partial charge in [-0.15, -0.1) is 0 Å². The van der Waals surface area contributed by atoms with Crippen LogP contribution in [0.1, 0.15) is 75.9 Å². The van der Waals surface area contributed by atoms with Gasteiger partial charge in [-0.2, -0.15) is 0 Å². The fraction of sp³-hybridized carbons (Fsp3) is 0.314. The molecule has 0 aliphatic carbocycles. The minimum absolute atomic E-state index is 0.00294. The van der Waals surface area contributed by atoms with Gasteiger partial charge in [-0.05, 0) is 77.4 Å². The molecule has 0 aliphatic heterocycles. The maximum Gasteiger partial charge on any atom is 0.287 e. The average molecular weight is 746 g/mol. The molecule has 3 aromatic carbocycles. The standard InChI is InChI=1S/C35H39Cl3N6O4S/c1-7-34(3,4)20-12-13-26(23(15-20)35(5,6)8-2)48-18-27(45)41-22-11-9-10-19(14-22)31(46)42-30-29(49-33(39)40)32(47)44(43-30)28-24(37)16-21(36)17-25(28)38/h9-17,43H,7-8,18H2,1-6H3,(H3,39,40)(H,41,45)(H,42,46). The molecule has 260 valence electrons. The first-order chi connectivity index (χ1) is 23.0. The van der Waals surface area contributed by atoms with Crippen LogP contribution in [0.2, 0.25) is 15.1 Å². The third kappa shape index (κ3) is 8.83. The zero-order chi connectivity index (χ0) is 36.3. The summed E-state index contributed by atoms with van der Waals surface area (Å²) in [6, 6.07) is 15.3. The maximum atomic E-state index is 13.4. The molecule has 4 rings (SSSR count). The van der Waals surface area contributed by atoms with Crippen LogP contribution in [-0.2, 0) is 15.6 Å². The Bertz CT molecular complexity index is 1950. The normalized spacial score (nSPS) is 11.7. The largest absolute Gasteiger partial charge is 0.483 e. The number of aromatic nitrogens is 2. The number of nitrogens with zero attached hydrogens (tertiary/aromatic N) is 1. The number of halogens is 3. The molecule has 0 fully saturated rings. The van der Waals surface area contributed by atoms with Crippen LogP contribution in [0.4, 0.5) is 11.5 Å². The Kier molecular flexibility index (Phi) is 11.9. The summed E-state index contributed by atoms with van der Waals surface area (Å²) in [5.74, 6) is -0.415. The lowest BCUT2D eigenvalue weighted by Gasteiger charge is -2.30. The average Bonchev–Trinajstić information content (AvgIpc) is 3.32. The summed E-state index contributed by atoms with van der Waals surface area (Å²) in [7, 11) is 0. The smallest absolute Gasteiger partial charge is 0.287 e. The number of ether oxygens (including phenoxy) is 1. The van der Waals surface area contributed by atoms with E-state index in [1.165, 1.54) is 23.8 Å². The molecule has 0 bridgehead atoms. The van der Waals surface area contributed by atoms with Gasteiger partial charge < -0.3 is 21.1 Å². The van der Waals surface area contributed by atoms with Crippen molar-refractivity contribution in [1.82, 2.24) is 9.78 Å². The fourth-order valence-corrected chi connectivity index (χ4v) is 6.46. The van der Waals surface area contributed by atoms with Crippen LogP contribution in [0.3, 0.4) is 0 Å². The molecule has 0 saturated heterocycles. The Morgan fingerprint density at radius 1 is 0.959 bits per heavy atom. The number of carbonyl (C=O) groups is 2. The summed E-state index contributed by atoms with van der Waals surface area (Å²) < 4.78 is 7.08. The van der Waals surface area contributed by atoms with Gasteiger partial charge in [-0.3, -0.25) is 24.9 Å². The number of rotatable bonds is 12. The van der Waals surface area contributed by atoms with Crippen LogP contribution >= 0.6 is 46.6 Å². The second-order valence-corrected chi connectivity index (χ2v) is 15.0. The number of hydrogen-bond donors (Lipinski definition) is 5. The van der Waals surface area contributed by atoms with Gasteiger partial charge in [0.25, 0.3) is 17.4 Å². The third-order valence-corrected chi connectivity index (χ3v) is 10.1. The van der Waals surface area contributed by atoms with Crippen molar-refractivity contribution in [3.05, 3.63) is 96.7 Å². The number of nitrogens with two attached hydrogens (primary N) is 1. The highest BCUT2D eigenvalue weighted by molar-refractivity contribution is 8.13. The fourth-order valence-electron chi connectivity index (χ4n) is 4.88.